The second-order valence-corrected chi connectivity index (χ2v) is 8.28. The zero-order chi connectivity index (χ0) is 24.6. The Bertz CT molecular complexity index is 1310. The molecule has 10 heteroatoms. The van der Waals surface area contributed by atoms with Crippen LogP contribution < -0.4 is 10.2 Å². The Morgan fingerprint density at radius 1 is 1.11 bits per heavy atom. The minimum Gasteiger partial charge on any atom is -0.494 e. The molecule has 1 N–H and O–H groups in total. The van der Waals surface area contributed by atoms with Crippen molar-refractivity contribution in [1.82, 2.24) is 25.2 Å². The third kappa shape index (κ3) is 6.10. The summed E-state index contributed by atoms with van der Waals surface area (Å²) in [6, 6.07) is 17.2. The molecule has 0 spiro atoms. The van der Waals surface area contributed by atoms with Crippen molar-refractivity contribution < 1.29 is 13.9 Å². The average Bonchev–Trinajstić information content (AvgIpc) is 3.31. The molecule has 0 bridgehead atoms. The van der Waals surface area contributed by atoms with Gasteiger partial charge < -0.3 is 4.74 Å². The molecule has 0 fully saturated rings. The van der Waals surface area contributed by atoms with Crippen molar-refractivity contribution in [2.45, 2.75) is 19.0 Å². The molecule has 2 heterocycles. The van der Waals surface area contributed by atoms with E-state index in [1.54, 1.807) is 31.5 Å². The molecule has 2 aromatic carbocycles. The lowest BCUT2D eigenvalue weighted by atomic mass is 10.1. The summed E-state index contributed by atoms with van der Waals surface area (Å²) in [6.45, 7) is 4.24. The number of ether oxygens (including phenoxy) is 1. The Labute approximate surface area is 206 Å². The number of rotatable bonds is 9. The summed E-state index contributed by atoms with van der Waals surface area (Å²) in [7, 11) is 0. The number of hydrogen-bond donors (Lipinski definition) is 1. The highest BCUT2D eigenvalue weighted by Crippen LogP contribution is 2.28. The molecular weight excluding hydrogens is 467 g/mol. The molecule has 0 atom stereocenters. The number of carbonyl (C=O) groups excluding carboxylic acids is 1. The van der Waals surface area contributed by atoms with Gasteiger partial charge in [-0.05, 0) is 67.9 Å². The lowest BCUT2D eigenvalue weighted by molar-refractivity contribution is -0.118. The van der Waals surface area contributed by atoms with Gasteiger partial charge in [-0.1, -0.05) is 23.9 Å². The minimum atomic E-state index is -0.329. The number of benzene rings is 2. The summed E-state index contributed by atoms with van der Waals surface area (Å²) in [5.41, 5.74) is 5.44. The molecule has 0 unspecified atom stereocenters. The minimum absolute atomic E-state index is 0.0718. The molecule has 8 nitrogen and oxygen atoms in total. The summed E-state index contributed by atoms with van der Waals surface area (Å²) in [6.07, 6.45) is 3.40. The maximum Gasteiger partial charge on any atom is 0.250 e. The summed E-state index contributed by atoms with van der Waals surface area (Å²) < 4.78 is 20.5. The van der Waals surface area contributed by atoms with Crippen molar-refractivity contribution in [3.8, 4) is 22.8 Å². The number of carbonyl (C=O) groups is 1. The first-order valence-electron chi connectivity index (χ1n) is 10.9. The van der Waals surface area contributed by atoms with Crippen LogP contribution in [0.1, 0.15) is 19.4 Å². The van der Waals surface area contributed by atoms with Crippen molar-refractivity contribution in [3.63, 3.8) is 0 Å². The van der Waals surface area contributed by atoms with E-state index in [4.69, 9.17) is 4.74 Å². The third-order valence-corrected chi connectivity index (χ3v) is 5.83. The topological polar surface area (TPSA) is 94.3 Å². The van der Waals surface area contributed by atoms with Crippen LogP contribution >= 0.6 is 11.8 Å². The van der Waals surface area contributed by atoms with Crippen LogP contribution in [0, 0.1) is 5.82 Å². The van der Waals surface area contributed by atoms with E-state index in [1.807, 2.05) is 47.9 Å². The highest BCUT2D eigenvalue weighted by molar-refractivity contribution is 7.99. The van der Waals surface area contributed by atoms with Crippen LogP contribution in [-0.2, 0) is 4.79 Å². The first-order chi connectivity index (χ1) is 17.0. The van der Waals surface area contributed by atoms with Gasteiger partial charge in [0.05, 0.1) is 18.1 Å². The lowest BCUT2D eigenvalue weighted by Gasteiger charge is -2.11. The Kier molecular flexibility index (Phi) is 7.84. The summed E-state index contributed by atoms with van der Waals surface area (Å²) in [5.74, 6) is 0.804. The Balaban J connectivity index is 1.52. The summed E-state index contributed by atoms with van der Waals surface area (Å²) >= 11 is 1.24. The molecule has 0 saturated heterocycles. The van der Waals surface area contributed by atoms with E-state index in [2.05, 4.69) is 25.7 Å². The number of nitrogens with one attached hydrogen (secondary N) is 1. The number of hydrazone groups is 1. The highest BCUT2D eigenvalue weighted by Gasteiger charge is 2.17. The van der Waals surface area contributed by atoms with Gasteiger partial charge in [0.25, 0.3) is 5.91 Å². The Hall–Kier alpha value is -4.05. The second-order valence-electron chi connectivity index (χ2n) is 7.34. The van der Waals surface area contributed by atoms with Crippen molar-refractivity contribution in [2.75, 3.05) is 12.4 Å². The quantitative estimate of drug-likeness (QED) is 0.211. The van der Waals surface area contributed by atoms with E-state index in [0.717, 1.165) is 22.6 Å². The molecule has 0 radical (unpaired) electrons. The zero-order valence-corrected chi connectivity index (χ0v) is 20.0. The molecular formula is C25H23FN6O2S. The maximum atomic E-state index is 13.1. The number of aromatic nitrogens is 4. The first kappa shape index (κ1) is 24.1. The number of thioether (sulfide) groups is 1. The van der Waals surface area contributed by atoms with Gasteiger partial charge in [0.2, 0.25) is 0 Å². The van der Waals surface area contributed by atoms with Crippen LogP contribution in [0.3, 0.4) is 0 Å². The number of hydrogen-bond acceptors (Lipinski definition) is 7. The molecule has 178 valence electrons. The van der Waals surface area contributed by atoms with E-state index >= 15 is 0 Å². The summed E-state index contributed by atoms with van der Waals surface area (Å²) in [4.78, 5) is 16.6. The molecule has 0 aliphatic heterocycles. The summed E-state index contributed by atoms with van der Waals surface area (Å²) in [5, 5.41) is 13.3. The van der Waals surface area contributed by atoms with Crippen LogP contribution in [0.5, 0.6) is 5.75 Å². The SMILES string of the molecule is CCOc1ccc(-n2c(SCC(=O)NN=C(C)c3ccc(F)cc3)nnc2-c2cccnc2)cc1. The van der Waals surface area contributed by atoms with Gasteiger partial charge in [-0.2, -0.15) is 5.10 Å². The fourth-order valence-corrected chi connectivity index (χ4v) is 3.94. The predicted molar refractivity (Wildman–Crippen MR) is 133 cm³/mol. The highest BCUT2D eigenvalue weighted by atomic mass is 32.2. The van der Waals surface area contributed by atoms with Gasteiger partial charge in [0.1, 0.15) is 11.6 Å². The predicted octanol–water partition coefficient (Wildman–Crippen LogP) is 4.50. The molecule has 1 amide bonds. The average molecular weight is 491 g/mol. The fraction of sp³-hybridized carbons (Fsp3) is 0.160. The van der Waals surface area contributed by atoms with Crippen LogP contribution in [0.15, 0.2) is 83.3 Å². The van der Waals surface area contributed by atoms with Gasteiger partial charge in [0, 0.05) is 23.6 Å². The molecule has 0 aliphatic carbocycles. The third-order valence-electron chi connectivity index (χ3n) is 4.90. The van der Waals surface area contributed by atoms with Crippen molar-refractivity contribution >= 4 is 23.4 Å². The molecule has 35 heavy (non-hydrogen) atoms. The smallest absolute Gasteiger partial charge is 0.250 e. The van der Waals surface area contributed by atoms with Gasteiger partial charge in [0.15, 0.2) is 11.0 Å². The maximum absolute atomic E-state index is 13.1. The van der Waals surface area contributed by atoms with Gasteiger partial charge in [-0.15, -0.1) is 10.2 Å². The van der Waals surface area contributed by atoms with Gasteiger partial charge in [-0.3, -0.25) is 14.3 Å². The van der Waals surface area contributed by atoms with Crippen LogP contribution in [-0.4, -0.2) is 43.7 Å². The monoisotopic (exact) mass is 490 g/mol. The largest absolute Gasteiger partial charge is 0.494 e. The number of nitrogens with zero attached hydrogens (tertiary/aromatic N) is 5. The van der Waals surface area contributed by atoms with Crippen LogP contribution in [0.2, 0.25) is 0 Å². The second kappa shape index (κ2) is 11.4. The normalized spacial score (nSPS) is 11.3. The molecule has 4 aromatic rings. The van der Waals surface area contributed by atoms with Crippen molar-refractivity contribution in [3.05, 3.63) is 84.4 Å². The zero-order valence-electron chi connectivity index (χ0n) is 19.2. The number of amides is 1. The van der Waals surface area contributed by atoms with E-state index in [9.17, 15) is 9.18 Å². The Morgan fingerprint density at radius 3 is 2.57 bits per heavy atom. The fourth-order valence-electron chi connectivity index (χ4n) is 3.20. The van der Waals surface area contributed by atoms with Gasteiger partial charge >= 0.3 is 0 Å². The lowest BCUT2D eigenvalue weighted by Crippen LogP contribution is -2.21. The molecule has 0 saturated carbocycles. The van der Waals surface area contributed by atoms with Crippen molar-refractivity contribution in [1.29, 1.82) is 0 Å². The Morgan fingerprint density at radius 2 is 1.89 bits per heavy atom. The molecule has 4 rings (SSSR count). The van der Waals surface area contributed by atoms with Gasteiger partial charge in [-0.25, -0.2) is 9.82 Å². The van der Waals surface area contributed by atoms with Crippen molar-refractivity contribution in [2.24, 2.45) is 5.10 Å². The van der Waals surface area contributed by atoms with E-state index in [1.165, 1.54) is 23.9 Å². The van der Waals surface area contributed by atoms with E-state index < -0.39 is 0 Å². The number of pyridine rings is 1. The first-order valence-corrected chi connectivity index (χ1v) is 11.8. The van der Waals surface area contributed by atoms with Crippen LogP contribution in [0.25, 0.3) is 17.1 Å². The van der Waals surface area contributed by atoms with E-state index in [-0.39, 0.29) is 17.5 Å². The van der Waals surface area contributed by atoms with Crippen LogP contribution in [0.4, 0.5) is 4.39 Å². The molecule has 2 aromatic heterocycles. The standard InChI is InChI=1S/C25H23FN6O2S/c1-3-34-22-12-10-21(11-13-22)32-24(19-5-4-14-27-15-19)30-31-25(32)35-16-23(33)29-28-17(2)18-6-8-20(26)9-7-18/h4-15H,3,16H2,1-2H3,(H,29,33). The number of halogens is 1. The molecule has 0 aliphatic rings. The van der Waals surface area contributed by atoms with E-state index in [0.29, 0.717) is 23.3 Å².